The van der Waals surface area contributed by atoms with Gasteiger partial charge < -0.3 is 5.73 Å². The van der Waals surface area contributed by atoms with Crippen molar-refractivity contribution in [2.45, 2.75) is 18.9 Å². The van der Waals surface area contributed by atoms with E-state index in [0.717, 1.165) is 25.9 Å². The van der Waals surface area contributed by atoms with Crippen LogP contribution >= 0.6 is 24.8 Å². The molecule has 2 N–H and O–H groups in total. The Labute approximate surface area is 85.5 Å². The lowest BCUT2D eigenvalue weighted by atomic mass is 10.1. The summed E-state index contributed by atoms with van der Waals surface area (Å²) in [6.45, 7) is 2.22. The quantitative estimate of drug-likeness (QED) is 0.756. The van der Waals surface area contributed by atoms with Crippen LogP contribution in [0.25, 0.3) is 0 Å². The molecular weight excluding hydrogens is 202 g/mol. The molecule has 1 fully saturated rings. The average Bonchev–Trinajstić information content (AvgIpc) is 1.88. The minimum atomic E-state index is -0.243. The molecule has 2 nitrogen and oxygen atoms in total. The number of alkyl halides is 1. The average molecular weight is 219 g/mol. The van der Waals surface area contributed by atoms with Gasteiger partial charge in [0.05, 0.1) is 0 Å². The van der Waals surface area contributed by atoms with Gasteiger partial charge in [-0.15, -0.1) is 24.8 Å². The van der Waals surface area contributed by atoms with E-state index in [1.165, 1.54) is 0 Å². The first-order valence-electron chi connectivity index (χ1n) is 3.87. The van der Waals surface area contributed by atoms with Gasteiger partial charge in [0.2, 0.25) is 0 Å². The highest BCUT2D eigenvalue weighted by Crippen LogP contribution is 2.06. The first-order chi connectivity index (χ1) is 4.83. The summed E-state index contributed by atoms with van der Waals surface area (Å²) in [7, 11) is 0. The zero-order chi connectivity index (χ0) is 7.40. The van der Waals surface area contributed by atoms with E-state index in [0.29, 0.717) is 6.54 Å². The van der Waals surface area contributed by atoms with Crippen LogP contribution in [-0.2, 0) is 0 Å². The van der Waals surface area contributed by atoms with Crippen molar-refractivity contribution >= 4 is 24.8 Å². The van der Waals surface area contributed by atoms with Gasteiger partial charge in [-0.25, -0.2) is 4.39 Å². The molecule has 0 spiro atoms. The first kappa shape index (κ1) is 14.9. The molecule has 0 saturated carbocycles. The van der Waals surface area contributed by atoms with Crippen molar-refractivity contribution in [3.63, 3.8) is 0 Å². The van der Waals surface area contributed by atoms with Crippen LogP contribution in [0.5, 0.6) is 0 Å². The number of piperidine rings is 1. The van der Waals surface area contributed by atoms with Crippen molar-refractivity contribution in [3.8, 4) is 0 Å². The van der Waals surface area contributed by atoms with Crippen LogP contribution in [0.2, 0.25) is 0 Å². The zero-order valence-corrected chi connectivity index (χ0v) is 8.67. The van der Waals surface area contributed by atoms with E-state index >= 15 is 0 Å². The second-order valence-electron chi connectivity index (χ2n) is 2.89. The fourth-order valence-electron chi connectivity index (χ4n) is 1.41. The van der Waals surface area contributed by atoms with E-state index in [9.17, 15) is 4.39 Å². The highest BCUT2D eigenvalue weighted by molar-refractivity contribution is 5.85. The van der Waals surface area contributed by atoms with E-state index < -0.39 is 0 Å². The Balaban J connectivity index is 0. The summed E-state index contributed by atoms with van der Waals surface area (Å²) in [4.78, 5) is 2.09. The molecule has 0 radical (unpaired) electrons. The van der Waals surface area contributed by atoms with Gasteiger partial charge in [-0.05, 0) is 19.4 Å². The highest BCUT2D eigenvalue weighted by atomic mass is 35.5. The molecule has 1 aliphatic rings. The molecule has 0 bridgehead atoms. The van der Waals surface area contributed by atoms with Gasteiger partial charge in [0.15, 0.2) is 0 Å². The topological polar surface area (TPSA) is 29.3 Å². The van der Waals surface area contributed by atoms with E-state index in [1.54, 1.807) is 0 Å². The molecule has 1 heterocycles. The summed E-state index contributed by atoms with van der Waals surface area (Å²) in [5, 5.41) is 0. The maximum atomic E-state index is 11.8. The maximum Gasteiger partial charge on any atom is 0.102 e. The molecule has 0 amide bonds. The number of halogens is 3. The third-order valence-corrected chi connectivity index (χ3v) is 1.94. The largest absolute Gasteiger partial charge is 0.327 e. The van der Waals surface area contributed by atoms with Crippen LogP contribution < -0.4 is 5.73 Å². The number of hydrogen-bond acceptors (Lipinski definition) is 2. The van der Waals surface area contributed by atoms with Gasteiger partial charge in [-0.3, -0.25) is 4.90 Å². The summed E-state index contributed by atoms with van der Waals surface area (Å²) < 4.78 is 11.8. The van der Waals surface area contributed by atoms with Crippen molar-refractivity contribution in [1.82, 2.24) is 4.90 Å². The Kier molecular flexibility index (Phi) is 10.0. The van der Waals surface area contributed by atoms with Gasteiger partial charge in [-0.2, -0.15) is 0 Å². The van der Waals surface area contributed by atoms with E-state index in [4.69, 9.17) is 5.73 Å². The van der Waals surface area contributed by atoms with E-state index in [1.807, 2.05) is 0 Å². The van der Waals surface area contributed by atoms with Crippen LogP contribution in [0.1, 0.15) is 12.8 Å². The predicted octanol–water partition coefficient (Wildman–Crippen LogP) is 1.22. The van der Waals surface area contributed by atoms with E-state index in [-0.39, 0.29) is 37.5 Å². The third kappa shape index (κ3) is 5.14. The lowest BCUT2D eigenvalue weighted by Gasteiger charge is -2.29. The molecule has 1 aliphatic heterocycles. The molecule has 12 heavy (non-hydrogen) atoms. The normalized spacial score (nSPS) is 24.0. The van der Waals surface area contributed by atoms with Crippen molar-refractivity contribution in [3.05, 3.63) is 0 Å². The SMILES string of the molecule is Cl.Cl.NC1CCCN(CCF)C1. The number of likely N-dealkylation sites (tertiary alicyclic amines) is 1. The fraction of sp³-hybridized carbons (Fsp3) is 1.00. The fourth-order valence-corrected chi connectivity index (χ4v) is 1.41. The summed E-state index contributed by atoms with van der Waals surface area (Å²) in [6, 6.07) is 0.278. The molecule has 0 aliphatic carbocycles. The Hall–Kier alpha value is 0.430. The highest BCUT2D eigenvalue weighted by Gasteiger charge is 2.15. The second kappa shape index (κ2) is 8.05. The zero-order valence-electron chi connectivity index (χ0n) is 7.04. The van der Waals surface area contributed by atoms with Crippen LogP contribution in [0, 0.1) is 0 Å². The molecule has 1 saturated heterocycles. The molecule has 5 heteroatoms. The third-order valence-electron chi connectivity index (χ3n) is 1.94. The number of nitrogens with two attached hydrogens (primary N) is 1. The minimum Gasteiger partial charge on any atom is -0.327 e. The van der Waals surface area contributed by atoms with Crippen molar-refractivity contribution in [2.24, 2.45) is 5.73 Å². The van der Waals surface area contributed by atoms with Crippen LogP contribution in [0.3, 0.4) is 0 Å². The van der Waals surface area contributed by atoms with Gasteiger partial charge in [0, 0.05) is 19.1 Å². The lowest BCUT2D eigenvalue weighted by Crippen LogP contribution is -2.43. The Morgan fingerprint density at radius 1 is 1.42 bits per heavy atom. The van der Waals surface area contributed by atoms with Crippen molar-refractivity contribution < 1.29 is 4.39 Å². The minimum absolute atomic E-state index is 0. The second-order valence-corrected chi connectivity index (χ2v) is 2.89. The predicted molar refractivity (Wildman–Crippen MR) is 54.1 cm³/mol. The summed E-state index contributed by atoms with van der Waals surface area (Å²) in [5.41, 5.74) is 5.69. The van der Waals surface area contributed by atoms with Gasteiger partial charge in [0.1, 0.15) is 6.67 Å². The molecule has 0 aromatic rings. The first-order valence-corrected chi connectivity index (χ1v) is 3.87. The Morgan fingerprint density at radius 3 is 2.58 bits per heavy atom. The smallest absolute Gasteiger partial charge is 0.102 e. The molecule has 1 rings (SSSR count). The number of nitrogens with zero attached hydrogens (tertiary/aromatic N) is 1. The van der Waals surface area contributed by atoms with Crippen LogP contribution in [-0.4, -0.2) is 37.3 Å². The summed E-state index contributed by atoms with van der Waals surface area (Å²) in [5.74, 6) is 0. The molecule has 0 aromatic carbocycles. The van der Waals surface area contributed by atoms with E-state index in [2.05, 4.69) is 4.90 Å². The van der Waals surface area contributed by atoms with Crippen LogP contribution in [0.15, 0.2) is 0 Å². The van der Waals surface area contributed by atoms with Crippen molar-refractivity contribution in [2.75, 3.05) is 26.3 Å². The molecule has 0 aromatic heterocycles. The standard InChI is InChI=1S/C7H15FN2.2ClH/c8-3-5-10-4-1-2-7(9)6-10;;/h7H,1-6,9H2;2*1H. The van der Waals surface area contributed by atoms with Crippen LogP contribution in [0.4, 0.5) is 4.39 Å². The Morgan fingerprint density at radius 2 is 2.08 bits per heavy atom. The van der Waals surface area contributed by atoms with Gasteiger partial charge in [-0.1, -0.05) is 0 Å². The summed E-state index contributed by atoms with van der Waals surface area (Å²) in [6.07, 6.45) is 2.23. The molecule has 76 valence electrons. The maximum absolute atomic E-state index is 11.8. The molecule has 1 unspecified atom stereocenters. The lowest BCUT2D eigenvalue weighted by molar-refractivity contribution is 0.194. The van der Waals surface area contributed by atoms with Crippen molar-refractivity contribution in [1.29, 1.82) is 0 Å². The van der Waals surface area contributed by atoms with Gasteiger partial charge in [0.25, 0.3) is 0 Å². The monoisotopic (exact) mass is 218 g/mol. The molecule has 1 atom stereocenters. The molecular formula is C7H17Cl2FN2. The van der Waals surface area contributed by atoms with Gasteiger partial charge >= 0.3 is 0 Å². The summed E-state index contributed by atoms with van der Waals surface area (Å²) >= 11 is 0. The number of hydrogen-bond donors (Lipinski definition) is 1. The number of rotatable bonds is 2. The Bertz CT molecular complexity index is 103.